The average molecular weight is 344 g/mol. The van der Waals surface area contributed by atoms with E-state index in [1.807, 2.05) is 30.5 Å². The van der Waals surface area contributed by atoms with Crippen LogP contribution in [0.4, 0.5) is 4.79 Å². The van der Waals surface area contributed by atoms with Crippen molar-refractivity contribution in [2.75, 3.05) is 0 Å². The van der Waals surface area contributed by atoms with Gasteiger partial charge in [-0.15, -0.1) is 0 Å². The number of imide groups is 2. The van der Waals surface area contributed by atoms with E-state index in [0.717, 1.165) is 11.4 Å². The Morgan fingerprint density at radius 3 is 2.29 bits per heavy atom. The molecule has 0 radical (unpaired) electrons. The van der Waals surface area contributed by atoms with Gasteiger partial charge >= 0.3 is 6.03 Å². The lowest BCUT2D eigenvalue weighted by Crippen LogP contribution is -2.51. The lowest BCUT2D eigenvalue weighted by Gasteiger charge is -2.13. The number of barbiturate groups is 1. The minimum Gasteiger partial charge on any atom is -0.450 e. The zero-order valence-corrected chi connectivity index (χ0v) is 13.6. The number of aryl methyl sites for hydroxylation is 2. The Morgan fingerprint density at radius 1 is 1.04 bits per heavy atom. The standard InChI is InChI=1S/C15H12N4O4S/c1-7-5-8(2)17-15(16-7)24-11-4-3-9(23-11)6-10-12(20)18-14(22)19-13(10)21/h3-6H,1-2H3,(H2,18,19,20,21,22). The number of aromatic nitrogens is 2. The summed E-state index contributed by atoms with van der Waals surface area (Å²) in [5.41, 5.74) is 1.49. The molecule has 0 unspecified atom stereocenters. The summed E-state index contributed by atoms with van der Waals surface area (Å²) >= 11 is 1.23. The molecule has 1 fully saturated rings. The van der Waals surface area contributed by atoms with Crippen LogP contribution in [0.25, 0.3) is 6.08 Å². The second-order valence-corrected chi connectivity index (χ2v) is 5.96. The Labute approximate surface area is 140 Å². The van der Waals surface area contributed by atoms with Crippen molar-refractivity contribution in [3.05, 3.63) is 40.9 Å². The van der Waals surface area contributed by atoms with Gasteiger partial charge in [0.05, 0.1) is 0 Å². The van der Waals surface area contributed by atoms with Gasteiger partial charge in [-0.2, -0.15) is 0 Å². The fraction of sp³-hybridized carbons (Fsp3) is 0.133. The predicted molar refractivity (Wildman–Crippen MR) is 84.0 cm³/mol. The quantitative estimate of drug-likeness (QED) is 0.493. The van der Waals surface area contributed by atoms with Crippen molar-refractivity contribution in [2.24, 2.45) is 0 Å². The molecule has 1 aliphatic heterocycles. The van der Waals surface area contributed by atoms with E-state index in [9.17, 15) is 14.4 Å². The van der Waals surface area contributed by atoms with E-state index < -0.39 is 17.8 Å². The van der Waals surface area contributed by atoms with Crippen molar-refractivity contribution >= 4 is 35.7 Å². The molecular weight excluding hydrogens is 332 g/mol. The monoisotopic (exact) mass is 344 g/mol. The third kappa shape index (κ3) is 3.51. The Balaban J connectivity index is 1.80. The summed E-state index contributed by atoms with van der Waals surface area (Å²) in [5.74, 6) is -1.24. The molecule has 2 aromatic rings. The fourth-order valence-electron chi connectivity index (χ4n) is 2.04. The second-order valence-electron chi connectivity index (χ2n) is 4.99. The van der Waals surface area contributed by atoms with Gasteiger partial charge in [0.25, 0.3) is 11.8 Å². The summed E-state index contributed by atoms with van der Waals surface area (Å²) in [7, 11) is 0. The molecule has 0 atom stereocenters. The van der Waals surface area contributed by atoms with Crippen molar-refractivity contribution in [3.63, 3.8) is 0 Å². The van der Waals surface area contributed by atoms with E-state index in [2.05, 4.69) is 9.97 Å². The van der Waals surface area contributed by atoms with Gasteiger partial charge in [-0.25, -0.2) is 14.8 Å². The topological polar surface area (TPSA) is 114 Å². The van der Waals surface area contributed by atoms with E-state index in [1.165, 1.54) is 17.8 Å². The molecule has 3 heterocycles. The van der Waals surface area contributed by atoms with Crippen molar-refractivity contribution < 1.29 is 18.8 Å². The molecule has 9 heteroatoms. The Kier molecular flexibility index (Phi) is 4.17. The molecule has 1 saturated heterocycles. The van der Waals surface area contributed by atoms with E-state index in [4.69, 9.17) is 4.42 Å². The highest BCUT2D eigenvalue weighted by Gasteiger charge is 2.28. The molecule has 0 aromatic carbocycles. The van der Waals surface area contributed by atoms with E-state index in [-0.39, 0.29) is 5.57 Å². The number of urea groups is 1. The maximum atomic E-state index is 11.7. The van der Waals surface area contributed by atoms with Crippen molar-refractivity contribution in [1.82, 2.24) is 20.6 Å². The van der Waals surface area contributed by atoms with E-state index in [1.54, 1.807) is 12.1 Å². The Hall–Kier alpha value is -2.94. The minimum atomic E-state index is -0.843. The van der Waals surface area contributed by atoms with Crippen LogP contribution in [-0.4, -0.2) is 27.8 Å². The predicted octanol–water partition coefficient (Wildman–Crippen LogP) is 1.59. The Bertz CT molecular complexity index is 845. The van der Waals surface area contributed by atoms with Gasteiger partial charge in [0.1, 0.15) is 11.3 Å². The number of furan rings is 1. The second kappa shape index (κ2) is 6.28. The minimum absolute atomic E-state index is 0.205. The number of carbonyl (C=O) groups excluding carboxylic acids is 3. The number of nitrogens with one attached hydrogen (secondary N) is 2. The number of amides is 4. The molecule has 122 valence electrons. The van der Waals surface area contributed by atoms with Gasteiger partial charge < -0.3 is 4.42 Å². The number of nitrogens with zero attached hydrogens (tertiary/aromatic N) is 2. The van der Waals surface area contributed by atoms with Crippen LogP contribution in [0.5, 0.6) is 0 Å². The highest BCUT2D eigenvalue weighted by atomic mass is 32.2. The molecule has 0 saturated carbocycles. The van der Waals surface area contributed by atoms with E-state index in [0.29, 0.717) is 16.0 Å². The SMILES string of the molecule is Cc1cc(C)nc(Sc2ccc(C=C3C(=O)NC(=O)NC3=O)o2)n1. The van der Waals surface area contributed by atoms with Crippen LogP contribution >= 0.6 is 11.8 Å². The van der Waals surface area contributed by atoms with Crippen LogP contribution in [0.3, 0.4) is 0 Å². The van der Waals surface area contributed by atoms with Crippen molar-refractivity contribution in [2.45, 2.75) is 24.1 Å². The number of carbonyl (C=O) groups is 3. The lowest BCUT2D eigenvalue weighted by molar-refractivity contribution is -0.123. The van der Waals surface area contributed by atoms with Crippen LogP contribution < -0.4 is 10.6 Å². The summed E-state index contributed by atoms with van der Waals surface area (Å²) in [4.78, 5) is 42.9. The maximum absolute atomic E-state index is 11.7. The third-order valence-electron chi connectivity index (χ3n) is 2.99. The van der Waals surface area contributed by atoms with Gasteiger partial charge in [0.15, 0.2) is 10.2 Å². The summed E-state index contributed by atoms with van der Waals surface area (Å²) in [6, 6.07) is 4.31. The summed E-state index contributed by atoms with van der Waals surface area (Å²) < 4.78 is 5.56. The average Bonchev–Trinajstić information content (AvgIpc) is 2.89. The molecule has 0 aliphatic carbocycles. The molecule has 0 spiro atoms. The van der Waals surface area contributed by atoms with Crippen LogP contribution in [0.2, 0.25) is 0 Å². The molecule has 2 N–H and O–H groups in total. The highest BCUT2D eigenvalue weighted by molar-refractivity contribution is 7.99. The van der Waals surface area contributed by atoms with Gasteiger partial charge in [0.2, 0.25) is 0 Å². The van der Waals surface area contributed by atoms with E-state index >= 15 is 0 Å². The van der Waals surface area contributed by atoms with Gasteiger partial charge in [0, 0.05) is 11.4 Å². The first-order chi connectivity index (χ1) is 11.4. The van der Waals surface area contributed by atoms with Crippen molar-refractivity contribution in [3.8, 4) is 0 Å². The van der Waals surface area contributed by atoms with Gasteiger partial charge in [-0.05, 0) is 49.9 Å². The normalized spacial score (nSPS) is 14.4. The summed E-state index contributed by atoms with van der Waals surface area (Å²) in [5, 5.41) is 5.04. The van der Waals surface area contributed by atoms with Crippen LogP contribution in [0, 0.1) is 13.8 Å². The molecule has 3 rings (SSSR count). The summed E-state index contributed by atoms with van der Waals surface area (Å²) in [6.07, 6.45) is 1.27. The lowest BCUT2D eigenvalue weighted by atomic mass is 10.1. The maximum Gasteiger partial charge on any atom is 0.328 e. The smallest absolute Gasteiger partial charge is 0.328 e. The molecule has 8 nitrogen and oxygen atoms in total. The zero-order chi connectivity index (χ0) is 17.3. The number of rotatable bonds is 3. The summed E-state index contributed by atoms with van der Waals surface area (Å²) in [6.45, 7) is 3.75. The third-order valence-corrected chi connectivity index (χ3v) is 3.77. The molecule has 1 aliphatic rings. The highest BCUT2D eigenvalue weighted by Crippen LogP contribution is 2.27. The van der Waals surface area contributed by atoms with Crippen LogP contribution in [0.15, 0.2) is 38.4 Å². The van der Waals surface area contributed by atoms with Gasteiger partial charge in [-0.3, -0.25) is 20.2 Å². The zero-order valence-electron chi connectivity index (χ0n) is 12.7. The fourth-order valence-corrected chi connectivity index (χ4v) is 2.88. The number of hydrogen-bond donors (Lipinski definition) is 2. The largest absolute Gasteiger partial charge is 0.450 e. The first kappa shape index (κ1) is 15.9. The molecule has 4 amide bonds. The number of hydrogen-bond acceptors (Lipinski definition) is 7. The molecule has 24 heavy (non-hydrogen) atoms. The molecule has 0 bridgehead atoms. The first-order valence-corrected chi connectivity index (χ1v) is 7.71. The van der Waals surface area contributed by atoms with Crippen LogP contribution in [-0.2, 0) is 9.59 Å². The van der Waals surface area contributed by atoms with Crippen molar-refractivity contribution in [1.29, 1.82) is 0 Å². The van der Waals surface area contributed by atoms with Gasteiger partial charge in [-0.1, -0.05) is 0 Å². The first-order valence-electron chi connectivity index (χ1n) is 6.89. The van der Waals surface area contributed by atoms with Crippen LogP contribution in [0.1, 0.15) is 17.1 Å². The molecule has 2 aromatic heterocycles. The Morgan fingerprint density at radius 2 is 1.67 bits per heavy atom. The molecular formula is C15H12N4O4S.